The van der Waals surface area contributed by atoms with Crippen molar-refractivity contribution in [3.63, 3.8) is 0 Å². The second-order valence-electron chi connectivity index (χ2n) is 2.17. The summed E-state index contributed by atoms with van der Waals surface area (Å²) in [5.74, 6) is 0. The van der Waals surface area contributed by atoms with Gasteiger partial charge >= 0.3 is 5.66 Å². The van der Waals surface area contributed by atoms with E-state index in [1.807, 2.05) is 0 Å². The molecule has 0 unspecified atom stereocenters. The molecule has 0 saturated heterocycles. The van der Waals surface area contributed by atoms with Crippen LogP contribution in [0.25, 0.3) is 0 Å². The second kappa shape index (κ2) is 3.74. The van der Waals surface area contributed by atoms with E-state index in [2.05, 4.69) is 0 Å². The first-order chi connectivity index (χ1) is 5.51. The first-order valence-corrected chi connectivity index (χ1v) is 3.15. The lowest BCUT2D eigenvalue weighted by molar-refractivity contribution is -0.795. The van der Waals surface area contributed by atoms with Crippen molar-refractivity contribution in [1.29, 1.82) is 0 Å². The Morgan fingerprint density at radius 2 is 1.75 bits per heavy atom. The molecule has 0 saturated carbocycles. The van der Waals surface area contributed by atoms with E-state index in [0.29, 0.717) is 0 Å². The van der Waals surface area contributed by atoms with E-state index >= 15 is 0 Å². The van der Waals surface area contributed by atoms with Crippen molar-refractivity contribution in [1.82, 2.24) is 0 Å². The van der Waals surface area contributed by atoms with E-state index in [0.717, 1.165) is 0 Å². The summed E-state index contributed by atoms with van der Waals surface area (Å²) in [5, 5.41) is 20.5. The summed E-state index contributed by atoms with van der Waals surface area (Å²) in [6.45, 7) is 1.28. The Balaban J connectivity index is 4.88. The maximum absolute atomic E-state index is 10.3. The number of hydrogen-bond donors (Lipinski definition) is 0. The summed E-state index contributed by atoms with van der Waals surface area (Å²) in [5.41, 5.74) is -2.39. The lowest BCUT2D eigenvalue weighted by Gasteiger charge is -2.11. The zero-order chi connectivity index (χ0) is 9.78. The highest BCUT2D eigenvalue weighted by Crippen LogP contribution is 2.18. The van der Waals surface area contributed by atoms with Gasteiger partial charge in [-0.15, -0.1) is 0 Å². The number of rotatable bonds is 5. The third-order valence-electron chi connectivity index (χ3n) is 1.60. The molecular weight excluding hydrogens is 168 g/mol. The van der Waals surface area contributed by atoms with Crippen LogP contribution >= 0.6 is 0 Å². The lowest BCUT2D eigenvalue weighted by atomic mass is 10.1. The molecular formula is C5H7N2O5. The number of hydrogen-bond acceptors (Lipinski definition) is 5. The van der Waals surface area contributed by atoms with Crippen molar-refractivity contribution in [2.75, 3.05) is 0 Å². The highest BCUT2D eigenvalue weighted by atomic mass is 16.7. The molecule has 12 heavy (non-hydrogen) atoms. The molecule has 7 nitrogen and oxygen atoms in total. The Morgan fingerprint density at radius 1 is 1.33 bits per heavy atom. The molecule has 0 aliphatic heterocycles. The van der Waals surface area contributed by atoms with Crippen LogP contribution < -0.4 is 0 Å². The number of carbonyl (C=O) groups excluding carboxylic acids is 1. The monoisotopic (exact) mass is 175 g/mol. The molecule has 0 atom stereocenters. The van der Waals surface area contributed by atoms with Gasteiger partial charge in [-0.2, -0.15) is 0 Å². The zero-order valence-corrected chi connectivity index (χ0v) is 6.35. The molecule has 67 valence electrons. The highest BCUT2D eigenvalue weighted by Gasteiger charge is 2.54. The fraction of sp³-hybridized carbons (Fsp3) is 0.800. The van der Waals surface area contributed by atoms with E-state index in [1.165, 1.54) is 13.2 Å². The normalized spacial score (nSPS) is 10.8. The Hall–Kier alpha value is -1.53. The fourth-order valence-corrected chi connectivity index (χ4v) is 0.695. The standard InChI is InChI=1S/C5H7N2O5/c1-2-5(3-4-8,6(9)10)7(11)12/h2-3H2,1H3. The average molecular weight is 175 g/mol. The van der Waals surface area contributed by atoms with Gasteiger partial charge in [0.05, 0.1) is 16.3 Å². The van der Waals surface area contributed by atoms with E-state index < -0.39 is 21.9 Å². The van der Waals surface area contributed by atoms with Crippen molar-refractivity contribution in [3.05, 3.63) is 20.2 Å². The van der Waals surface area contributed by atoms with Gasteiger partial charge in [0.25, 0.3) is 0 Å². The largest absolute Gasteiger partial charge is 0.465 e. The molecule has 0 aromatic rings. The van der Waals surface area contributed by atoms with E-state index in [9.17, 15) is 25.0 Å². The molecule has 0 aromatic carbocycles. The van der Waals surface area contributed by atoms with Gasteiger partial charge in [0.1, 0.15) is 0 Å². The van der Waals surface area contributed by atoms with Gasteiger partial charge in [-0.25, -0.2) is 0 Å². The molecule has 0 rings (SSSR count). The van der Waals surface area contributed by atoms with Crippen molar-refractivity contribution < 1.29 is 14.6 Å². The summed E-state index contributed by atoms with van der Waals surface area (Å²) >= 11 is 0. The summed E-state index contributed by atoms with van der Waals surface area (Å²) in [4.78, 5) is 28.3. The van der Waals surface area contributed by atoms with Crippen LogP contribution in [-0.2, 0) is 4.79 Å². The zero-order valence-electron chi connectivity index (χ0n) is 6.35. The quantitative estimate of drug-likeness (QED) is 0.336. The summed E-state index contributed by atoms with van der Waals surface area (Å²) in [6, 6.07) is 0. The van der Waals surface area contributed by atoms with Crippen LogP contribution in [0, 0.1) is 20.2 Å². The van der Waals surface area contributed by atoms with Gasteiger partial charge in [0.15, 0.2) is 6.42 Å². The Morgan fingerprint density at radius 3 is 1.83 bits per heavy atom. The smallest absolute Gasteiger partial charge is 0.290 e. The van der Waals surface area contributed by atoms with E-state index in [4.69, 9.17) is 0 Å². The minimum atomic E-state index is -2.39. The van der Waals surface area contributed by atoms with Crippen molar-refractivity contribution >= 4 is 6.29 Å². The molecule has 0 fully saturated rings. The van der Waals surface area contributed by atoms with Crippen LogP contribution in [0.4, 0.5) is 0 Å². The van der Waals surface area contributed by atoms with Gasteiger partial charge in [0.2, 0.25) is 6.29 Å². The number of nitro groups is 2. The Labute approximate surface area is 67.7 Å². The van der Waals surface area contributed by atoms with Crippen LogP contribution in [0.3, 0.4) is 0 Å². The first-order valence-electron chi connectivity index (χ1n) is 3.15. The van der Waals surface area contributed by atoms with Gasteiger partial charge in [0, 0.05) is 0 Å². The lowest BCUT2D eigenvalue weighted by Crippen LogP contribution is -2.45. The maximum Gasteiger partial charge on any atom is 0.465 e. The van der Waals surface area contributed by atoms with Crippen molar-refractivity contribution in [2.24, 2.45) is 0 Å². The van der Waals surface area contributed by atoms with Gasteiger partial charge in [-0.05, 0) is 0 Å². The molecule has 0 bridgehead atoms. The average Bonchev–Trinajstić information content (AvgIpc) is 1.98. The van der Waals surface area contributed by atoms with Gasteiger partial charge in [-0.3, -0.25) is 25.0 Å². The van der Waals surface area contributed by atoms with E-state index in [1.54, 1.807) is 0 Å². The predicted molar refractivity (Wildman–Crippen MR) is 37.3 cm³/mol. The third kappa shape index (κ3) is 1.55. The third-order valence-corrected chi connectivity index (χ3v) is 1.60. The van der Waals surface area contributed by atoms with Crippen LogP contribution in [0.2, 0.25) is 0 Å². The van der Waals surface area contributed by atoms with Gasteiger partial charge in [-0.1, -0.05) is 6.92 Å². The molecule has 0 aliphatic rings. The van der Waals surface area contributed by atoms with Gasteiger partial charge < -0.3 is 0 Å². The van der Waals surface area contributed by atoms with Crippen LogP contribution in [0.1, 0.15) is 19.8 Å². The Kier molecular flexibility index (Phi) is 3.27. The van der Waals surface area contributed by atoms with E-state index in [-0.39, 0.29) is 6.42 Å². The molecule has 0 heterocycles. The molecule has 0 aliphatic carbocycles. The maximum atomic E-state index is 10.3. The topological polar surface area (TPSA) is 103 Å². The second-order valence-corrected chi connectivity index (χ2v) is 2.17. The molecule has 1 radical (unpaired) electrons. The molecule has 0 spiro atoms. The van der Waals surface area contributed by atoms with Crippen LogP contribution in [0.5, 0.6) is 0 Å². The minimum absolute atomic E-state index is 0.331. The minimum Gasteiger partial charge on any atom is -0.290 e. The van der Waals surface area contributed by atoms with Crippen LogP contribution in [-0.4, -0.2) is 21.8 Å². The SMILES string of the molecule is CCC(C[C]=O)([N+](=O)[O-])[N+](=O)[O-]. The fourth-order valence-electron chi connectivity index (χ4n) is 0.695. The highest BCUT2D eigenvalue weighted by molar-refractivity contribution is 5.51. The first kappa shape index (κ1) is 10.5. The summed E-state index contributed by atoms with van der Waals surface area (Å²) in [6.07, 6.45) is 0.0418. The van der Waals surface area contributed by atoms with Crippen molar-refractivity contribution in [2.45, 2.75) is 25.4 Å². The van der Waals surface area contributed by atoms with Crippen LogP contribution in [0.15, 0.2) is 0 Å². The molecule has 0 amide bonds. The molecule has 0 N–H and O–H groups in total. The number of nitrogens with zero attached hydrogens (tertiary/aromatic N) is 2. The predicted octanol–water partition coefficient (Wildman–Crippen LogP) is 0.146. The molecule has 7 heteroatoms. The Bertz CT molecular complexity index is 200. The molecule has 0 aromatic heterocycles. The summed E-state index contributed by atoms with van der Waals surface area (Å²) < 4.78 is 0. The summed E-state index contributed by atoms with van der Waals surface area (Å²) in [7, 11) is 0. The van der Waals surface area contributed by atoms with Crippen molar-refractivity contribution in [3.8, 4) is 0 Å².